The number of aliphatic hydroxyl groups is 1. The summed E-state index contributed by atoms with van der Waals surface area (Å²) in [7, 11) is -3.80. The summed E-state index contributed by atoms with van der Waals surface area (Å²) >= 11 is 0. The molecule has 0 amide bonds. The Balaban J connectivity index is 1.52. The van der Waals surface area contributed by atoms with Crippen molar-refractivity contribution in [2.24, 2.45) is 0 Å². The number of ether oxygens (including phenoxy) is 1. The van der Waals surface area contributed by atoms with Crippen molar-refractivity contribution in [2.45, 2.75) is 43.4 Å². The van der Waals surface area contributed by atoms with Gasteiger partial charge in [0, 0.05) is 13.1 Å². The molecule has 2 heterocycles. The first-order chi connectivity index (χ1) is 16.9. The highest BCUT2D eigenvalue weighted by Crippen LogP contribution is 2.48. The number of hydrogen-bond donors (Lipinski definition) is 2. The van der Waals surface area contributed by atoms with Crippen LogP contribution in [0.2, 0.25) is 0 Å². The fourth-order valence-corrected chi connectivity index (χ4v) is 6.26. The Morgan fingerprint density at radius 1 is 0.943 bits per heavy atom. The molecule has 1 fully saturated rings. The number of hydrogen-bond acceptors (Lipinski definition) is 6. The molecule has 0 radical (unpaired) electrons. The molecule has 5 rings (SSSR count). The molecule has 3 aromatic carbocycles. The van der Waals surface area contributed by atoms with E-state index in [2.05, 4.69) is 21.4 Å². The van der Waals surface area contributed by atoms with Gasteiger partial charge >= 0.3 is 0 Å². The lowest BCUT2D eigenvalue weighted by molar-refractivity contribution is 0.0377. The van der Waals surface area contributed by atoms with Crippen LogP contribution in [-0.4, -0.2) is 56.2 Å². The highest BCUT2D eigenvalue weighted by molar-refractivity contribution is 7.89. The van der Waals surface area contributed by atoms with Crippen LogP contribution in [0.15, 0.2) is 77.7 Å². The van der Waals surface area contributed by atoms with E-state index in [1.54, 1.807) is 24.3 Å². The Morgan fingerprint density at radius 3 is 2.14 bits per heavy atom. The topological polar surface area (TPSA) is 82.1 Å². The van der Waals surface area contributed by atoms with E-state index < -0.39 is 22.2 Å². The summed E-state index contributed by atoms with van der Waals surface area (Å²) in [5.41, 5.74) is 2.70. The Morgan fingerprint density at radius 2 is 1.54 bits per heavy atom. The minimum Gasteiger partial charge on any atom is -0.453 e. The molecule has 0 spiro atoms. The molecule has 0 unspecified atom stereocenters. The summed E-state index contributed by atoms with van der Waals surface area (Å²) in [5.74, 6) is 1.42. The predicted molar refractivity (Wildman–Crippen MR) is 137 cm³/mol. The lowest BCUT2D eigenvalue weighted by Crippen LogP contribution is -2.65. The van der Waals surface area contributed by atoms with Crippen molar-refractivity contribution in [1.82, 2.24) is 9.62 Å². The number of rotatable bonds is 6. The van der Waals surface area contributed by atoms with Gasteiger partial charge in [0.15, 0.2) is 11.5 Å². The zero-order valence-electron chi connectivity index (χ0n) is 20.0. The maximum absolute atomic E-state index is 13.2. The summed E-state index contributed by atoms with van der Waals surface area (Å²) in [6, 6.07) is 21.2. The van der Waals surface area contributed by atoms with Crippen molar-refractivity contribution in [3.05, 3.63) is 78.4 Å². The van der Waals surface area contributed by atoms with Gasteiger partial charge in [-0.25, -0.2) is 13.1 Å². The maximum Gasteiger partial charge on any atom is 0.240 e. The third-order valence-electron chi connectivity index (χ3n) is 6.69. The van der Waals surface area contributed by atoms with E-state index in [0.29, 0.717) is 24.6 Å². The quantitative estimate of drug-likeness (QED) is 0.539. The lowest BCUT2D eigenvalue weighted by atomic mass is 9.94. The zero-order chi connectivity index (χ0) is 24.6. The Hall–Kier alpha value is -2.91. The fourth-order valence-electron chi connectivity index (χ4n) is 5.02. The first-order valence-corrected chi connectivity index (χ1v) is 13.5. The number of anilines is 2. The van der Waals surface area contributed by atoms with E-state index in [4.69, 9.17) is 4.74 Å². The molecular weight excluding hydrogens is 462 g/mol. The molecule has 3 aromatic rings. The number of sulfonamides is 1. The summed E-state index contributed by atoms with van der Waals surface area (Å²) in [4.78, 5) is 4.52. The number of nitrogens with zero attached hydrogens (tertiary/aromatic N) is 2. The number of aryl methyl sites for hydroxylation is 1. The Bertz CT molecular complexity index is 1250. The molecule has 3 atom stereocenters. The average Bonchev–Trinajstić information content (AvgIpc) is 2.85. The molecule has 35 heavy (non-hydrogen) atoms. The molecule has 0 aliphatic carbocycles. The van der Waals surface area contributed by atoms with Gasteiger partial charge in [-0.05, 0) is 56.3 Å². The first kappa shape index (κ1) is 23.8. The largest absolute Gasteiger partial charge is 0.453 e. The van der Waals surface area contributed by atoms with E-state index >= 15 is 0 Å². The second kappa shape index (κ2) is 9.62. The Labute approximate surface area is 207 Å². The highest BCUT2D eigenvalue weighted by atomic mass is 32.2. The number of nitrogens with one attached hydrogen (secondary N) is 1. The number of fused-ring (bicyclic) bond motifs is 2. The third-order valence-corrected chi connectivity index (χ3v) is 8.19. The van der Waals surface area contributed by atoms with Crippen molar-refractivity contribution in [3.63, 3.8) is 0 Å². The van der Waals surface area contributed by atoms with Crippen molar-refractivity contribution in [2.75, 3.05) is 24.5 Å². The molecule has 7 nitrogen and oxygen atoms in total. The number of piperidine rings is 1. The van der Waals surface area contributed by atoms with Crippen LogP contribution in [0.3, 0.4) is 0 Å². The van der Waals surface area contributed by atoms with E-state index in [-0.39, 0.29) is 10.9 Å². The van der Waals surface area contributed by atoms with Crippen LogP contribution in [0.4, 0.5) is 11.4 Å². The molecule has 184 valence electrons. The lowest BCUT2D eigenvalue weighted by Gasteiger charge is -2.48. The van der Waals surface area contributed by atoms with Gasteiger partial charge in [-0.1, -0.05) is 48.9 Å². The monoisotopic (exact) mass is 493 g/mol. The number of aliphatic hydroxyl groups excluding tert-OH is 1. The SMILES string of the molecule is CCCN1C[C@@H](NS(=O)(=O)c2ccc(C)cc2)[C@H](O)[C@@H](N2c3ccccc3Oc3ccccc32)C1. The van der Waals surface area contributed by atoms with Gasteiger partial charge in [0.05, 0.1) is 34.5 Å². The van der Waals surface area contributed by atoms with Gasteiger partial charge < -0.3 is 14.7 Å². The Kier molecular flexibility index (Phi) is 6.55. The maximum atomic E-state index is 13.2. The van der Waals surface area contributed by atoms with Crippen LogP contribution in [-0.2, 0) is 10.0 Å². The van der Waals surface area contributed by atoms with Gasteiger partial charge in [0.25, 0.3) is 0 Å². The fraction of sp³-hybridized carbons (Fsp3) is 0.333. The van der Waals surface area contributed by atoms with E-state index in [9.17, 15) is 13.5 Å². The van der Waals surface area contributed by atoms with Crippen molar-refractivity contribution >= 4 is 21.4 Å². The molecule has 0 saturated carbocycles. The summed E-state index contributed by atoms with van der Waals surface area (Å²) in [5, 5.41) is 11.6. The van der Waals surface area contributed by atoms with Crippen LogP contribution in [0.25, 0.3) is 0 Å². The molecule has 0 aromatic heterocycles. The number of para-hydroxylation sites is 4. The van der Waals surface area contributed by atoms with Crippen LogP contribution in [0.5, 0.6) is 11.5 Å². The second-order valence-electron chi connectivity index (χ2n) is 9.27. The van der Waals surface area contributed by atoms with Gasteiger partial charge in [-0.2, -0.15) is 0 Å². The van der Waals surface area contributed by atoms with Crippen LogP contribution in [0, 0.1) is 6.92 Å². The highest BCUT2D eigenvalue weighted by Gasteiger charge is 2.43. The molecule has 1 saturated heterocycles. The van der Waals surface area contributed by atoms with Crippen LogP contribution < -0.4 is 14.4 Å². The van der Waals surface area contributed by atoms with Gasteiger partial charge in [-0.15, -0.1) is 0 Å². The molecule has 0 bridgehead atoms. The van der Waals surface area contributed by atoms with Crippen molar-refractivity contribution < 1.29 is 18.3 Å². The zero-order valence-corrected chi connectivity index (χ0v) is 20.8. The van der Waals surface area contributed by atoms with Gasteiger partial charge in [-0.3, -0.25) is 4.90 Å². The molecular formula is C27H31N3O4S. The number of likely N-dealkylation sites (tertiary alicyclic amines) is 1. The predicted octanol–water partition coefficient (Wildman–Crippen LogP) is 4.04. The van der Waals surface area contributed by atoms with E-state index in [0.717, 1.165) is 29.9 Å². The molecule has 8 heteroatoms. The first-order valence-electron chi connectivity index (χ1n) is 12.0. The van der Waals surface area contributed by atoms with E-state index in [1.807, 2.05) is 55.5 Å². The van der Waals surface area contributed by atoms with E-state index in [1.165, 1.54) is 0 Å². The molecule has 2 aliphatic heterocycles. The minimum atomic E-state index is -3.80. The van der Waals surface area contributed by atoms with Gasteiger partial charge in [0.2, 0.25) is 10.0 Å². The second-order valence-corrected chi connectivity index (χ2v) is 11.0. The average molecular weight is 494 g/mol. The van der Waals surface area contributed by atoms with Crippen molar-refractivity contribution in [3.8, 4) is 11.5 Å². The smallest absolute Gasteiger partial charge is 0.240 e. The van der Waals surface area contributed by atoms with Crippen LogP contribution >= 0.6 is 0 Å². The van der Waals surface area contributed by atoms with Gasteiger partial charge in [0.1, 0.15) is 0 Å². The summed E-state index contributed by atoms with van der Waals surface area (Å²) in [6.45, 7) is 5.86. The number of benzene rings is 3. The molecule has 2 aliphatic rings. The summed E-state index contributed by atoms with van der Waals surface area (Å²) in [6.07, 6.45) is -0.0150. The standard InChI is InChI=1S/C27H31N3O4S/c1-3-16-29-17-21(28-35(32,33)20-14-12-19(2)13-15-20)27(31)24(18-29)30-22-8-4-6-10-25(22)34-26-11-7-5-9-23(26)30/h4-15,21,24,27-28,31H,3,16-18H2,1-2H3/t21-,24+,27+/m1/s1. The summed E-state index contributed by atoms with van der Waals surface area (Å²) < 4.78 is 35.4. The molecule has 2 N–H and O–H groups in total. The van der Waals surface area contributed by atoms with Crippen LogP contribution in [0.1, 0.15) is 18.9 Å². The normalized spacial score (nSPS) is 22.3. The minimum absolute atomic E-state index is 0.196. The third kappa shape index (κ3) is 4.67. The van der Waals surface area contributed by atoms with Crippen molar-refractivity contribution in [1.29, 1.82) is 0 Å².